The van der Waals surface area contributed by atoms with Gasteiger partial charge in [-0.2, -0.15) is 0 Å². The van der Waals surface area contributed by atoms with Crippen LogP contribution >= 0.6 is 0 Å². The van der Waals surface area contributed by atoms with E-state index in [0.29, 0.717) is 18.8 Å². The third-order valence-electron chi connectivity index (χ3n) is 3.48. The SMILES string of the molecule is CN(CCOCC1CC1)c1cccc(S(C)(=O)=O)c1N. The first kappa shape index (κ1) is 15.1. The smallest absolute Gasteiger partial charge is 0.177 e. The molecule has 0 heterocycles. The predicted molar refractivity (Wildman–Crippen MR) is 80.8 cm³/mol. The van der Waals surface area contributed by atoms with Gasteiger partial charge >= 0.3 is 0 Å². The largest absolute Gasteiger partial charge is 0.396 e. The zero-order valence-electron chi connectivity index (χ0n) is 12.0. The highest BCUT2D eigenvalue weighted by molar-refractivity contribution is 7.90. The standard InChI is InChI=1S/C14H22N2O3S/c1-16(8-9-19-10-11-6-7-11)12-4-3-5-13(14(12)15)20(2,17)18/h3-5,11H,6-10,15H2,1-2H3. The lowest BCUT2D eigenvalue weighted by molar-refractivity contribution is 0.131. The van der Waals surface area contributed by atoms with Crippen molar-refractivity contribution in [3.05, 3.63) is 18.2 Å². The lowest BCUT2D eigenvalue weighted by Gasteiger charge is -2.22. The maximum atomic E-state index is 11.6. The van der Waals surface area contributed by atoms with Crippen LogP contribution in [-0.4, -0.2) is 41.5 Å². The van der Waals surface area contributed by atoms with Crippen molar-refractivity contribution in [2.45, 2.75) is 17.7 Å². The quantitative estimate of drug-likeness (QED) is 0.610. The normalized spacial score (nSPS) is 15.3. The second-order valence-electron chi connectivity index (χ2n) is 5.40. The van der Waals surface area contributed by atoms with Crippen LogP contribution in [0.4, 0.5) is 11.4 Å². The molecule has 0 spiro atoms. The van der Waals surface area contributed by atoms with E-state index in [-0.39, 0.29) is 4.90 Å². The molecule has 1 aromatic carbocycles. The van der Waals surface area contributed by atoms with Gasteiger partial charge < -0.3 is 15.4 Å². The first-order valence-corrected chi connectivity index (χ1v) is 8.66. The number of sulfone groups is 1. The highest BCUT2D eigenvalue weighted by Crippen LogP contribution is 2.30. The monoisotopic (exact) mass is 298 g/mol. The van der Waals surface area contributed by atoms with Gasteiger partial charge in [-0.1, -0.05) is 6.07 Å². The van der Waals surface area contributed by atoms with Crippen molar-refractivity contribution in [2.24, 2.45) is 5.92 Å². The van der Waals surface area contributed by atoms with E-state index >= 15 is 0 Å². The fraction of sp³-hybridized carbons (Fsp3) is 0.571. The average molecular weight is 298 g/mol. The van der Waals surface area contributed by atoms with Gasteiger partial charge in [-0.05, 0) is 30.9 Å². The van der Waals surface area contributed by atoms with Gasteiger partial charge in [0.25, 0.3) is 0 Å². The van der Waals surface area contributed by atoms with E-state index in [4.69, 9.17) is 10.5 Å². The van der Waals surface area contributed by atoms with Crippen LogP contribution in [0, 0.1) is 5.92 Å². The second-order valence-corrected chi connectivity index (χ2v) is 7.39. The Bertz CT molecular complexity index is 568. The molecule has 5 nitrogen and oxygen atoms in total. The van der Waals surface area contributed by atoms with Gasteiger partial charge in [0.15, 0.2) is 9.84 Å². The third kappa shape index (κ3) is 3.86. The molecule has 0 radical (unpaired) electrons. The van der Waals surface area contributed by atoms with E-state index in [1.54, 1.807) is 6.07 Å². The summed E-state index contributed by atoms with van der Waals surface area (Å²) in [6, 6.07) is 5.07. The van der Waals surface area contributed by atoms with Crippen LogP contribution in [-0.2, 0) is 14.6 Å². The number of nitrogens with zero attached hydrogens (tertiary/aromatic N) is 1. The van der Waals surface area contributed by atoms with E-state index in [9.17, 15) is 8.42 Å². The van der Waals surface area contributed by atoms with Gasteiger partial charge in [0.05, 0.1) is 22.9 Å². The third-order valence-corrected chi connectivity index (χ3v) is 4.63. The van der Waals surface area contributed by atoms with Gasteiger partial charge in [-0.15, -0.1) is 0 Å². The number of rotatable bonds is 7. The molecule has 0 saturated heterocycles. The van der Waals surface area contributed by atoms with E-state index in [1.807, 2.05) is 18.0 Å². The fourth-order valence-corrected chi connectivity index (χ4v) is 2.87. The van der Waals surface area contributed by atoms with E-state index < -0.39 is 9.84 Å². The molecule has 2 rings (SSSR count). The summed E-state index contributed by atoms with van der Waals surface area (Å²) in [5.41, 5.74) is 7.00. The Labute approximate surface area is 120 Å². The molecule has 1 aromatic rings. The lowest BCUT2D eigenvalue weighted by atomic mass is 10.2. The summed E-state index contributed by atoms with van der Waals surface area (Å²) >= 11 is 0. The summed E-state index contributed by atoms with van der Waals surface area (Å²) in [5, 5.41) is 0. The van der Waals surface area contributed by atoms with Crippen molar-refractivity contribution >= 4 is 21.2 Å². The summed E-state index contributed by atoms with van der Waals surface area (Å²) in [6.07, 6.45) is 3.72. The molecule has 1 saturated carbocycles. The summed E-state index contributed by atoms with van der Waals surface area (Å²) in [7, 11) is -1.41. The molecular weight excluding hydrogens is 276 g/mol. The Balaban J connectivity index is 1.99. The van der Waals surface area contributed by atoms with E-state index in [1.165, 1.54) is 25.2 Å². The van der Waals surface area contributed by atoms with E-state index in [0.717, 1.165) is 18.2 Å². The van der Waals surface area contributed by atoms with Crippen LogP contribution < -0.4 is 10.6 Å². The van der Waals surface area contributed by atoms with Gasteiger partial charge in [-0.25, -0.2) is 8.42 Å². The number of nitrogen functional groups attached to an aromatic ring is 1. The highest BCUT2D eigenvalue weighted by Gasteiger charge is 2.21. The fourth-order valence-electron chi connectivity index (χ4n) is 2.05. The molecule has 2 N–H and O–H groups in total. The Kier molecular flexibility index (Phi) is 4.55. The maximum absolute atomic E-state index is 11.6. The van der Waals surface area contributed by atoms with Crippen molar-refractivity contribution in [3.8, 4) is 0 Å². The predicted octanol–water partition coefficient (Wildman–Crippen LogP) is 1.54. The van der Waals surface area contributed by atoms with Crippen molar-refractivity contribution in [1.29, 1.82) is 0 Å². The zero-order chi connectivity index (χ0) is 14.8. The molecule has 0 amide bonds. The Morgan fingerprint density at radius 1 is 1.40 bits per heavy atom. The summed E-state index contributed by atoms with van der Waals surface area (Å²) in [4.78, 5) is 2.11. The maximum Gasteiger partial charge on any atom is 0.177 e. The minimum atomic E-state index is -3.30. The topological polar surface area (TPSA) is 72.6 Å². The van der Waals surface area contributed by atoms with Crippen molar-refractivity contribution in [2.75, 3.05) is 43.7 Å². The Hall–Kier alpha value is -1.27. The van der Waals surface area contributed by atoms with Gasteiger partial charge in [0, 0.05) is 26.5 Å². The number of hydrogen-bond donors (Lipinski definition) is 1. The number of anilines is 2. The summed E-state index contributed by atoms with van der Waals surface area (Å²) in [6.45, 7) is 2.13. The first-order valence-electron chi connectivity index (χ1n) is 6.77. The highest BCUT2D eigenvalue weighted by atomic mass is 32.2. The molecule has 1 aliphatic rings. The Morgan fingerprint density at radius 2 is 2.10 bits per heavy atom. The van der Waals surface area contributed by atoms with Crippen molar-refractivity contribution in [1.82, 2.24) is 0 Å². The van der Waals surface area contributed by atoms with Crippen molar-refractivity contribution in [3.63, 3.8) is 0 Å². The Morgan fingerprint density at radius 3 is 2.70 bits per heavy atom. The summed E-state index contributed by atoms with van der Waals surface area (Å²) < 4.78 is 28.9. The van der Waals surface area contributed by atoms with Gasteiger partial charge in [0.2, 0.25) is 0 Å². The molecule has 1 fully saturated rings. The molecule has 0 unspecified atom stereocenters. The minimum Gasteiger partial charge on any atom is -0.396 e. The number of para-hydroxylation sites is 1. The number of hydrogen-bond acceptors (Lipinski definition) is 5. The molecule has 0 aliphatic heterocycles. The lowest BCUT2D eigenvalue weighted by Crippen LogP contribution is -2.24. The van der Waals surface area contributed by atoms with Crippen LogP contribution in [0.5, 0.6) is 0 Å². The summed E-state index contributed by atoms with van der Waals surface area (Å²) in [5.74, 6) is 0.749. The first-order chi connectivity index (χ1) is 9.39. The van der Waals surface area contributed by atoms with Crippen LogP contribution in [0.3, 0.4) is 0 Å². The molecule has 20 heavy (non-hydrogen) atoms. The molecule has 0 atom stereocenters. The minimum absolute atomic E-state index is 0.181. The number of ether oxygens (including phenoxy) is 1. The van der Waals surface area contributed by atoms with Crippen molar-refractivity contribution < 1.29 is 13.2 Å². The number of likely N-dealkylation sites (N-methyl/N-ethyl adjacent to an activating group) is 1. The van der Waals surface area contributed by atoms with Gasteiger partial charge in [-0.3, -0.25) is 0 Å². The van der Waals surface area contributed by atoms with Crippen LogP contribution in [0.2, 0.25) is 0 Å². The number of nitrogens with two attached hydrogens (primary N) is 1. The van der Waals surface area contributed by atoms with E-state index in [2.05, 4.69) is 0 Å². The molecule has 0 bridgehead atoms. The zero-order valence-corrected chi connectivity index (χ0v) is 12.8. The van der Waals surface area contributed by atoms with Crippen LogP contribution in [0.25, 0.3) is 0 Å². The molecule has 0 aromatic heterocycles. The van der Waals surface area contributed by atoms with Crippen LogP contribution in [0.1, 0.15) is 12.8 Å². The molecule has 112 valence electrons. The molecule has 1 aliphatic carbocycles. The van der Waals surface area contributed by atoms with Crippen LogP contribution in [0.15, 0.2) is 23.1 Å². The second kappa shape index (κ2) is 6.01. The molecular formula is C14H22N2O3S. The average Bonchev–Trinajstić information content (AvgIpc) is 3.17. The molecule has 6 heteroatoms. The van der Waals surface area contributed by atoms with Gasteiger partial charge in [0.1, 0.15) is 0 Å². The number of benzene rings is 1.